The summed E-state index contributed by atoms with van der Waals surface area (Å²) in [5.74, 6) is -1.13. The predicted molar refractivity (Wildman–Crippen MR) is 90.4 cm³/mol. The number of likely N-dealkylation sites (tertiary alicyclic amines) is 1. The van der Waals surface area contributed by atoms with Gasteiger partial charge in [0.1, 0.15) is 0 Å². The van der Waals surface area contributed by atoms with E-state index >= 15 is 0 Å². The minimum atomic E-state index is -0.940. The highest BCUT2D eigenvalue weighted by molar-refractivity contribution is 8.00. The number of nitrogens with zero attached hydrogens (tertiary/aromatic N) is 2. The highest BCUT2D eigenvalue weighted by Crippen LogP contribution is 2.33. The second-order valence-corrected chi connectivity index (χ2v) is 7.40. The molecule has 0 aliphatic carbocycles. The monoisotopic (exact) mass is 372 g/mol. The largest absolute Gasteiger partial charge is 0.481 e. The number of rotatable bonds is 5. The Hall–Kier alpha value is -1.80. The third kappa shape index (κ3) is 4.18. The molecular weight excluding hydrogens is 356 g/mol. The van der Waals surface area contributed by atoms with Crippen molar-refractivity contribution >= 4 is 40.9 Å². The zero-order chi connectivity index (χ0) is 17.9. The molecule has 1 aliphatic heterocycles. The van der Waals surface area contributed by atoms with Gasteiger partial charge >= 0.3 is 5.97 Å². The molecule has 0 radical (unpaired) electrons. The number of halogens is 1. The third-order valence-corrected chi connectivity index (χ3v) is 5.32. The summed E-state index contributed by atoms with van der Waals surface area (Å²) in [5.41, 5.74) is -1.08. The lowest BCUT2D eigenvalue weighted by Gasteiger charge is -2.37. The van der Waals surface area contributed by atoms with E-state index in [1.54, 1.807) is 6.92 Å². The minimum absolute atomic E-state index is 0.0121. The van der Waals surface area contributed by atoms with Gasteiger partial charge in [0.15, 0.2) is 0 Å². The lowest BCUT2D eigenvalue weighted by Crippen LogP contribution is -2.48. The fraction of sp³-hybridized carbons (Fsp3) is 0.467. The van der Waals surface area contributed by atoms with Gasteiger partial charge in [0, 0.05) is 24.2 Å². The summed E-state index contributed by atoms with van der Waals surface area (Å²) in [5, 5.41) is 20.6. The fourth-order valence-electron chi connectivity index (χ4n) is 2.61. The van der Waals surface area contributed by atoms with Crippen LogP contribution < -0.4 is 0 Å². The van der Waals surface area contributed by atoms with Crippen LogP contribution in [0.4, 0.5) is 5.69 Å². The number of aliphatic carboxylic acids is 1. The molecule has 1 amide bonds. The molecule has 0 saturated carbocycles. The van der Waals surface area contributed by atoms with Crippen LogP contribution >= 0.6 is 23.4 Å². The molecule has 1 N–H and O–H groups in total. The first-order valence-electron chi connectivity index (χ1n) is 7.31. The Bertz CT molecular complexity index is 684. The maximum absolute atomic E-state index is 12.3. The van der Waals surface area contributed by atoms with Gasteiger partial charge in [-0.05, 0) is 31.9 Å². The van der Waals surface area contributed by atoms with E-state index < -0.39 is 16.3 Å². The van der Waals surface area contributed by atoms with Gasteiger partial charge in [-0.3, -0.25) is 19.7 Å². The van der Waals surface area contributed by atoms with E-state index in [-0.39, 0.29) is 28.9 Å². The maximum Gasteiger partial charge on any atom is 0.311 e. The number of hydrogen-bond acceptors (Lipinski definition) is 5. The van der Waals surface area contributed by atoms with Crippen molar-refractivity contribution in [2.75, 3.05) is 18.8 Å². The lowest BCUT2D eigenvalue weighted by molar-refractivity contribution is -0.387. The average Bonchev–Trinajstić information content (AvgIpc) is 2.53. The molecular formula is C15H17ClN2O5S. The van der Waals surface area contributed by atoms with Crippen molar-refractivity contribution in [1.82, 2.24) is 4.90 Å². The summed E-state index contributed by atoms with van der Waals surface area (Å²) in [6.45, 7) is 2.29. The highest BCUT2D eigenvalue weighted by atomic mass is 35.5. The van der Waals surface area contributed by atoms with E-state index in [1.807, 2.05) is 0 Å². The van der Waals surface area contributed by atoms with Crippen molar-refractivity contribution in [2.45, 2.75) is 24.7 Å². The number of piperidine rings is 1. The summed E-state index contributed by atoms with van der Waals surface area (Å²) < 4.78 is 0. The molecule has 1 atom stereocenters. The topological polar surface area (TPSA) is 101 Å². The number of carbonyl (C=O) groups excluding carboxylic acids is 1. The van der Waals surface area contributed by atoms with Crippen LogP contribution in [-0.4, -0.2) is 45.6 Å². The summed E-state index contributed by atoms with van der Waals surface area (Å²) in [6.07, 6.45) is 1.15. The zero-order valence-corrected chi connectivity index (χ0v) is 14.6. The third-order valence-electron chi connectivity index (χ3n) is 4.03. The number of nitro groups is 1. The quantitative estimate of drug-likeness (QED) is 0.484. The normalized spacial score (nSPS) is 20.7. The minimum Gasteiger partial charge on any atom is -0.481 e. The van der Waals surface area contributed by atoms with Crippen LogP contribution in [0, 0.1) is 15.5 Å². The SMILES string of the molecule is CC1(C(=O)O)CCCN(C(=O)CSc2ccc(Cl)cc2[N+](=O)[O-])C1. The van der Waals surface area contributed by atoms with Crippen LogP contribution in [0.1, 0.15) is 19.8 Å². The molecule has 130 valence electrons. The molecule has 1 aliphatic rings. The first-order valence-corrected chi connectivity index (χ1v) is 8.67. The van der Waals surface area contributed by atoms with Crippen LogP contribution in [0.2, 0.25) is 5.02 Å². The Morgan fingerprint density at radius 3 is 2.83 bits per heavy atom. The maximum atomic E-state index is 12.3. The Labute approximate surface area is 148 Å². The summed E-state index contributed by atoms with van der Waals surface area (Å²) in [6, 6.07) is 4.29. The summed E-state index contributed by atoms with van der Waals surface area (Å²) in [7, 11) is 0. The summed E-state index contributed by atoms with van der Waals surface area (Å²) >= 11 is 6.82. The van der Waals surface area contributed by atoms with Gasteiger partial charge in [-0.2, -0.15) is 0 Å². The van der Waals surface area contributed by atoms with Crippen molar-refractivity contribution in [2.24, 2.45) is 5.41 Å². The second kappa shape index (κ2) is 7.40. The van der Waals surface area contributed by atoms with E-state index in [2.05, 4.69) is 0 Å². The molecule has 1 aromatic rings. The molecule has 1 fully saturated rings. The number of benzene rings is 1. The van der Waals surface area contributed by atoms with E-state index in [1.165, 1.54) is 23.1 Å². The van der Waals surface area contributed by atoms with Crippen molar-refractivity contribution < 1.29 is 19.6 Å². The molecule has 1 unspecified atom stereocenters. The molecule has 1 heterocycles. The number of nitro benzene ring substituents is 1. The fourth-order valence-corrected chi connectivity index (χ4v) is 3.69. The van der Waals surface area contributed by atoms with Crippen LogP contribution in [-0.2, 0) is 9.59 Å². The van der Waals surface area contributed by atoms with Gasteiger partial charge in [-0.25, -0.2) is 0 Å². The molecule has 0 spiro atoms. The van der Waals surface area contributed by atoms with E-state index in [9.17, 15) is 24.8 Å². The van der Waals surface area contributed by atoms with Gasteiger partial charge in [0.25, 0.3) is 5.69 Å². The average molecular weight is 373 g/mol. The van der Waals surface area contributed by atoms with Crippen LogP contribution in [0.25, 0.3) is 0 Å². The van der Waals surface area contributed by atoms with Crippen molar-refractivity contribution in [3.63, 3.8) is 0 Å². The van der Waals surface area contributed by atoms with Crippen molar-refractivity contribution in [3.05, 3.63) is 33.3 Å². The van der Waals surface area contributed by atoms with Crippen molar-refractivity contribution in [3.8, 4) is 0 Å². The standard InChI is InChI=1S/C15H17ClN2O5S/c1-15(14(20)21)5-2-6-17(9-15)13(19)8-24-12-4-3-10(16)7-11(12)18(22)23/h3-4,7H,2,5-6,8-9H2,1H3,(H,20,21). The van der Waals surface area contributed by atoms with E-state index in [0.29, 0.717) is 24.3 Å². The van der Waals surface area contributed by atoms with E-state index in [4.69, 9.17) is 11.6 Å². The first-order chi connectivity index (χ1) is 11.2. The number of thioether (sulfide) groups is 1. The molecule has 0 bridgehead atoms. The molecule has 7 nitrogen and oxygen atoms in total. The Kier molecular flexibility index (Phi) is 5.71. The van der Waals surface area contributed by atoms with Crippen LogP contribution in [0.15, 0.2) is 23.1 Å². The molecule has 24 heavy (non-hydrogen) atoms. The Balaban J connectivity index is 2.03. The number of carboxylic acids is 1. The zero-order valence-electron chi connectivity index (χ0n) is 13.0. The van der Waals surface area contributed by atoms with E-state index in [0.717, 1.165) is 11.8 Å². The second-order valence-electron chi connectivity index (χ2n) is 5.94. The van der Waals surface area contributed by atoms with Gasteiger partial charge in [0.05, 0.1) is 21.0 Å². The number of hydrogen-bond donors (Lipinski definition) is 1. The lowest BCUT2D eigenvalue weighted by atomic mass is 9.82. The molecule has 1 saturated heterocycles. The highest BCUT2D eigenvalue weighted by Gasteiger charge is 2.39. The Morgan fingerprint density at radius 1 is 1.50 bits per heavy atom. The van der Waals surface area contributed by atoms with Crippen molar-refractivity contribution in [1.29, 1.82) is 0 Å². The van der Waals surface area contributed by atoms with Gasteiger partial charge in [-0.1, -0.05) is 11.6 Å². The first kappa shape index (κ1) is 18.5. The molecule has 0 aromatic heterocycles. The number of carbonyl (C=O) groups is 2. The molecule has 1 aromatic carbocycles. The number of amides is 1. The van der Waals surface area contributed by atoms with Gasteiger partial charge in [-0.15, -0.1) is 11.8 Å². The Morgan fingerprint density at radius 2 is 2.21 bits per heavy atom. The molecule has 2 rings (SSSR count). The smallest absolute Gasteiger partial charge is 0.311 e. The van der Waals surface area contributed by atoms with Crippen LogP contribution in [0.3, 0.4) is 0 Å². The summed E-state index contributed by atoms with van der Waals surface area (Å²) in [4.78, 5) is 36.1. The van der Waals surface area contributed by atoms with Gasteiger partial charge < -0.3 is 10.0 Å². The van der Waals surface area contributed by atoms with Gasteiger partial charge in [0.2, 0.25) is 5.91 Å². The number of carboxylic acid groups (broad SMARTS) is 1. The molecule has 9 heteroatoms. The van der Waals surface area contributed by atoms with Crippen LogP contribution in [0.5, 0.6) is 0 Å². The predicted octanol–water partition coefficient (Wildman–Crippen LogP) is 3.05.